The smallest absolute Gasteiger partial charge is 0.520 e. The van der Waals surface area contributed by atoms with Gasteiger partial charge in [-0.1, -0.05) is 6.07 Å². The topological polar surface area (TPSA) is 18.5 Å². The summed E-state index contributed by atoms with van der Waals surface area (Å²) in [5.74, 6) is -43.8. The van der Waals surface area contributed by atoms with E-state index in [0.29, 0.717) is 18.2 Å². The van der Waals surface area contributed by atoms with Crippen molar-refractivity contribution in [2.75, 3.05) is 0 Å². The van der Waals surface area contributed by atoms with Crippen LogP contribution in [0.25, 0.3) is 21.9 Å². The van der Waals surface area contributed by atoms with Crippen molar-refractivity contribution in [2.45, 2.75) is 5.92 Å². The molecule has 48 heavy (non-hydrogen) atoms. The van der Waals surface area contributed by atoms with Crippen molar-refractivity contribution in [3.63, 3.8) is 0 Å². The minimum Gasteiger partial charge on any atom is -0.520 e. The Labute approximate surface area is 254 Å². The van der Waals surface area contributed by atoms with Gasteiger partial charge in [0.25, 0.3) is 0 Å². The van der Waals surface area contributed by atoms with Crippen LogP contribution in [-0.2, 0) is 5.92 Å². The molecule has 0 atom stereocenters. The van der Waals surface area contributed by atoms with Gasteiger partial charge in [0, 0.05) is 17.2 Å². The number of fused-ring (bicyclic) bond motifs is 4. The molecule has 1 aliphatic carbocycles. The molecule has 0 heterocycles. The SMILES string of the molecule is Fc1ccc(F)c(OB(Oc2c(F)c(F)c(F)c3c2C(F)(F)c2c(F)c(F)c(F)c(F)c2-3)c2c(F)c(F)c(F)c3c(F)c(F)ccc23)c1. The molecule has 0 fully saturated rings. The van der Waals surface area contributed by atoms with Crippen LogP contribution in [-0.4, -0.2) is 7.12 Å². The van der Waals surface area contributed by atoms with Crippen molar-refractivity contribution in [1.29, 1.82) is 0 Å². The van der Waals surface area contributed by atoms with E-state index in [4.69, 9.17) is 9.31 Å². The van der Waals surface area contributed by atoms with E-state index in [-0.39, 0.29) is 12.1 Å². The van der Waals surface area contributed by atoms with E-state index in [1.54, 1.807) is 0 Å². The molecule has 0 amide bonds. The molecule has 6 rings (SSSR count). The highest BCUT2D eigenvalue weighted by molar-refractivity contribution is 6.66. The van der Waals surface area contributed by atoms with E-state index in [0.717, 1.165) is 0 Å². The molecule has 0 saturated heterocycles. The number of benzene rings is 5. The molecule has 5 aromatic rings. The third-order valence-corrected chi connectivity index (χ3v) is 7.24. The molecule has 0 aliphatic heterocycles. The van der Waals surface area contributed by atoms with Crippen molar-refractivity contribution in [3.05, 3.63) is 123 Å². The second-order valence-corrected chi connectivity index (χ2v) is 9.88. The molecule has 1 aliphatic rings. The fourth-order valence-electron chi connectivity index (χ4n) is 5.16. The highest BCUT2D eigenvalue weighted by Gasteiger charge is 2.56. The Bertz CT molecular complexity index is 2240. The summed E-state index contributed by atoms with van der Waals surface area (Å²) in [5, 5.41) is -3.06. The van der Waals surface area contributed by atoms with Crippen LogP contribution in [0, 0.1) is 81.4 Å². The van der Waals surface area contributed by atoms with Crippen LogP contribution in [0.15, 0.2) is 30.3 Å². The molecule has 0 spiro atoms. The zero-order chi connectivity index (χ0) is 35.3. The summed E-state index contributed by atoms with van der Waals surface area (Å²) in [6, 6.07) is 1.34. The van der Waals surface area contributed by atoms with E-state index in [1.165, 1.54) is 0 Å². The minimum absolute atomic E-state index is 0.124. The Hall–Kier alpha value is -5.10. The van der Waals surface area contributed by atoms with Crippen LogP contribution in [0.1, 0.15) is 11.1 Å². The predicted octanol–water partition coefficient (Wildman–Crippen LogP) is 8.76. The number of alkyl halides is 2. The van der Waals surface area contributed by atoms with Crippen molar-refractivity contribution >= 4 is 23.4 Å². The zero-order valence-electron chi connectivity index (χ0n) is 22.3. The maximum Gasteiger partial charge on any atom is 0.636 e. The van der Waals surface area contributed by atoms with Crippen LogP contribution >= 0.6 is 0 Å². The predicted molar refractivity (Wildman–Crippen MR) is 131 cm³/mol. The van der Waals surface area contributed by atoms with Gasteiger partial charge in [-0.2, -0.15) is 13.2 Å². The molecule has 5 aromatic carbocycles. The van der Waals surface area contributed by atoms with E-state index in [9.17, 15) is 48.3 Å². The fourth-order valence-corrected chi connectivity index (χ4v) is 5.16. The van der Waals surface area contributed by atoms with Gasteiger partial charge in [0.05, 0.1) is 22.0 Å². The molecule has 248 valence electrons. The van der Waals surface area contributed by atoms with Crippen LogP contribution in [0.3, 0.4) is 0 Å². The summed E-state index contributed by atoms with van der Waals surface area (Å²) in [4.78, 5) is 0. The van der Waals surface area contributed by atoms with Gasteiger partial charge in [-0.15, -0.1) is 0 Å². The first kappa shape index (κ1) is 32.8. The van der Waals surface area contributed by atoms with Crippen LogP contribution in [0.4, 0.5) is 70.2 Å². The molecular weight excluding hydrogens is 695 g/mol. The lowest BCUT2D eigenvalue weighted by molar-refractivity contribution is 0.0404. The van der Waals surface area contributed by atoms with Crippen LogP contribution < -0.4 is 14.8 Å². The molecular formula is C29H5BF16O2. The zero-order valence-corrected chi connectivity index (χ0v) is 22.3. The second kappa shape index (κ2) is 11.0. The van der Waals surface area contributed by atoms with Gasteiger partial charge in [-0.3, -0.25) is 0 Å². The van der Waals surface area contributed by atoms with E-state index >= 15 is 22.0 Å². The third-order valence-electron chi connectivity index (χ3n) is 7.24. The standard InChI is InChI=1S/C29H5BF16O2/c31-6-1-3-8(32)10(5-6)47-30(16-7-2-4-9(33)17(34)11(7)18(35)23(40)22(16)39)48-28-15-13(20(37)25(42)27(28)44)12-14(29(15,45)46)21(38)26(43)24(41)19(12)36/h1-5H. The quantitative estimate of drug-likeness (QED) is 0.0791. The lowest BCUT2D eigenvalue weighted by atomic mass is 9.74. The van der Waals surface area contributed by atoms with Gasteiger partial charge < -0.3 is 9.31 Å². The largest absolute Gasteiger partial charge is 0.636 e. The Morgan fingerprint density at radius 1 is 0.479 bits per heavy atom. The Morgan fingerprint density at radius 2 is 1.02 bits per heavy atom. The average Bonchev–Trinajstić information content (AvgIpc) is 3.29. The average molecular weight is 700 g/mol. The summed E-state index contributed by atoms with van der Waals surface area (Å²) in [6.07, 6.45) is 0. The first-order valence-corrected chi connectivity index (χ1v) is 12.6. The summed E-state index contributed by atoms with van der Waals surface area (Å²) in [5.41, 5.74) is -11.1. The minimum atomic E-state index is -5.40. The maximum atomic E-state index is 15.7. The molecule has 0 aromatic heterocycles. The summed E-state index contributed by atoms with van der Waals surface area (Å²) < 4.78 is 246. The lowest BCUT2D eigenvalue weighted by Gasteiger charge is -2.23. The Balaban J connectivity index is 1.70. The van der Waals surface area contributed by atoms with Gasteiger partial charge in [-0.05, 0) is 23.6 Å². The monoisotopic (exact) mass is 700 g/mol. The molecule has 0 bridgehead atoms. The van der Waals surface area contributed by atoms with Gasteiger partial charge in [0.15, 0.2) is 75.6 Å². The summed E-state index contributed by atoms with van der Waals surface area (Å²) in [6.45, 7) is 0. The van der Waals surface area contributed by atoms with E-state index in [1.807, 2.05) is 0 Å². The van der Waals surface area contributed by atoms with Gasteiger partial charge >= 0.3 is 13.0 Å². The van der Waals surface area contributed by atoms with Gasteiger partial charge in [0.1, 0.15) is 11.6 Å². The van der Waals surface area contributed by atoms with Crippen molar-refractivity contribution in [2.24, 2.45) is 0 Å². The summed E-state index contributed by atoms with van der Waals surface area (Å²) >= 11 is 0. The van der Waals surface area contributed by atoms with Crippen molar-refractivity contribution in [1.82, 2.24) is 0 Å². The molecule has 0 N–H and O–H groups in total. The fraction of sp³-hybridized carbons (Fsp3) is 0.0345. The Kier molecular flexibility index (Phi) is 7.51. The van der Waals surface area contributed by atoms with Crippen molar-refractivity contribution in [3.8, 4) is 22.6 Å². The molecule has 0 radical (unpaired) electrons. The second-order valence-electron chi connectivity index (χ2n) is 9.88. The first-order chi connectivity index (χ1) is 22.4. The lowest BCUT2D eigenvalue weighted by Crippen LogP contribution is -2.46. The Morgan fingerprint density at radius 3 is 1.67 bits per heavy atom. The van der Waals surface area contributed by atoms with Crippen molar-refractivity contribution < 1.29 is 79.6 Å². The van der Waals surface area contributed by atoms with E-state index in [2.05, 4.69) is 0 Å². The van der Waals surface area contributed by atoms with E-state index < -0.39 is 144 Å². The summed E-state index contributed by atoms with van der Waals surface area (Å²) in [7, 11) is -3.34. The molecule has 19 heteroatoms. The molecule has 0 saturated carbocycles. The van der Waals surface area contributed by atoms with Crippen LogP contribution in [0.5, 0.6) is 11.5 Å². The number of hydrogen-bond donors (Lipinski definition) is 0. The van der Waals surface area contributed by atoms with Crippen LogP contribution in [0.2, 0.25) is 0 Å². The normalized spacial score (nSPS) is 13.2. The highest BCUT2D eigenvalue weighted by atomic mass is 19.3. The number of rotatable bonds is 5. The number of hydrogen-bond acceptors (Lipinski definition) is 2. The number of halogens is 16. The van der Waals surface area contributed by atoms with Gasteiger partial charge in [-0.25, -0.2) is 57.1 Å². The first-order valence-electron chi connectivity index (χ1n) is 12.6. The third kappa shape index (κ3) is 4.46. The maximum absolute atomic E-state index is 15.7. The molecule has 2 nitrogen and oxygen atoms in total. The highest BCUT2D eigenvalue weighted by Crippen LogP contribution is 2.58. The van der Waals surface area contributed by atoms with Gasteiger partial charge in [0.2, 0.25) is 5.82 Å². The molecule has 0 unspecified atom stereocenters.